The van der Waals surface area contributed by atoms with E-state index < -0.39 is 0 Å². The van der Waals surface area contributed by atoms with Gasteiger partial charge in [0.2, 0.25) is 5.91 Å². The smallest absolute Gasteiger partial charge is 0.236 e. The van der Waals surface area contributed by atoms with Crippen molar-refractivity contribution in [3.05, 3.63) is 0 Å². The number of hydrogen-bond donors (Lipinski definition) is 2. The number of unbranched alkanes of at least 4 members (excludes halogenated alkanes) is 1. The Hall–Kier alpha value is -0.570. The molecule has 1 rings (SSSR count). The first-order chi connectivity index (χ1) is 8.15. The molecule has 3 nitrogen and oxygen atoms in total. The first-order valence-corrected chi connectivity index (χ1v) is 7.19. The maximum atomic E-state index is 11.8. The van der Waals surface area contributed by atoms with Crippen molar-refractivity contribution in [3.63, 3.8) is 0 Å². The fourth-order valence-electron chi connectivity index (χ4n) is 2.60. The molecule has 0 aromatic carbocycles. The summed E-state index contributed by atoms with van der Waals surface area (Å²) in [6, 6.07) is 0.395. The van der Waals surface area contributed by atoms with Gasteiger partial charge in [-0.05, 0) is 39.0 Å². The molecular weight excluding hydrogens is 212 g/mol. The number of hydrogen-bond acceptors (Lipinski definition) is 2. The average molecular weight is 240 g/mol. The normalized spacial score (nSPS) is 20.2. The third-order valence-corrected chi connectivity index (χ3v) is 3.84. The van der Waals surface area contributed by atoms with Gasteiger partial charge >= 0.3 is 0 Å². The lowest BCUT2D eigenvalue weighted by Gasteiger charge is -2.24. The van der Waals surface area contributed by atoms with Gasteiger partial charge < -0.3 is 10.6 Å². The van der Waals surface area contributed by atoms with Crippen LogP contribution in [-0.2, 0) is 4.79 Å². The highest BCUT2D eigenvalue weighted by atomic mass is 16.2. The van der Waals surface area contributed by atoms with Crippen LogP contribution in [0.5, 0.6) is 0 Å². The highest BCUT2D eigenvalue weighted by Gasteiger charge is 2.24. The van der Waals surface area contributed by atoms with E-state index in [-0.39, 0.29) is 11.9 Å². The lowest BCUT2D eigenvalue weighted by atomic mass is 9.99. The number of carbonyl (C=O) groups excluding carboxylic acids is 1. The zero-order valence-electron chi connectivity index (χ0n) is 11.6. The van der Waals surface area contributed by atoms with Crippen molar-refractivity contribution in [1.29, 1.82) is 0 Å². The predicted octanol–water partition coefficient (Wildman–Crippen LogP) is 2.46. The van der Waals surface area contributed by atoms with E-state index in [9.17, 15) is 4.79 Å². The van der Waals surface area contributed by atoms with Gasteiger partial charge in [0.1, 0.15) is 0 Å². The summed E-state index contributed by atoms with van der Waals surface area (Å²) in [5.74, 6) is 0.907. The molecule has 2 N–H and O–H groups in total. The fraction of sp³-hybridized carbons (Fsp3) is 0.929. The van der Waals surface area contributed by atoms with Crippen molar-refractivity contribution < 1.29 is 4.79 Å². The average Bonchev–Trinajstić information content (AvgIpc) is 2.82. The van der Waals surface area contributed by atoms with E-state index in [0.29, 0.717) is 6.04 Å². The number of rotatable bonds is 7. The van der Waals surface area contributed by atoms with Crippen molar-refractivity contribution in [1.82, 2.24) is 10.6 Å². The lowest BCUT2D eigenvalue weighted by Crippen LogP contribution is -2.47. The van der Waals surface area contributed by atoms with E-state index in [1.54, 1.807) is 0 Å². The van der Waals surface area contributed by atoms with E-state index in [0.717, 1.165) is 25.3 Å². The van der Waals surface area contributed by atoms with E-state index in [4.69, 9.17) is 0 Å². The van der Waals surface area contributed by atoms with Crippen LogP contribution in [0.3, 0.4) is 0 Å². The van der Waals surface area contributed by atoms with E-state index in [1.807, 2.05) is 6.92 Å². The predicted molar refractivity (Wildman–Crippen MR) is 71.9 cm³/mol. The fourth-order valence-corrected chi connectivity index (χ4v) is 2.60. The molecular formula is C14H28N2O. The number of nitrogens with one attached hydrogen (secondary N) is 2. The Labute approximate surface area is 106 Å². The van der Waals surface area contributed by atoms with Gasteiger partial charge in [-0.3, -0.25) is 4.79 Å². The van der Waals surface area contributed by atoms with Gasteiger partial charge in [0, 0.05) is 12.6 Å². The monoisotopic (exact) mass is 240 g/mol. The van der Waals surface area contributed by atoms with Gasteiger partial charge in [-0.2, -0.15) is 0 Å². The second-order valence-corrected chi connectivity index (χ2v) is 5.37. The Balaban J connectivity index is 2.22. The molecule has 1 saturated carbocycles. The molecule has 2 atom stereocenters. The largest absolute Gasteiger partial charge is 0.355 e. The minimum Gasteiger partial charge on any atom is -0.355 e. The molecule has 1 aliphatic carbocycles. The Kier molecular flexibility index (Phi) is 6.56. The molecule has 0 radical (unpaired) electrons. The highest BCUT2D eigenvalue weighted by Crippen LogP contribution is 2.27. The summed E-state index contributed by atoms with van der Waals surface area (Å²) in [6.45, 7) is 7.12. The maximum Gasteiger partial charge on any atom is 0.236 e. The zero-order chi connectivity index (χ0) is 12.7. The van der Waals surface area contributed by atoms with Crippen LogP contribution in [0, 0.1) is 5.92 Å². The third-order valence-electron chi connectivity index (χ3n) is 3.84. The van der Waals surface area contributed by atoms with Crippen molar-refractivity contribution >= 4 is 5.91 Å². The molecule has 2 unspecified atom stereocenters. The molecule has 0 heterocycles. The Morgan fingerprint density at radius 2 is 1.94 bits per heavy atom. The quantitative estimate of drug-likeness (QED) is 0.671. The first-order valence-electron chi connectivity index (χ1n) is 7.19. The van der Waals surface area contributed by atoms with Gasteiger partial charge in [-0.25, -0.2) is 0 Å². The Morgan fingerprint density at radius 1 is 1.29 bits per heavy atom. The summed E-state index contributed by atoms with van der Waals surface area (Å²) in [4.78, 5) is 11.8. The number of amides is 1. The zero-order valence-corrected chi connectivity index (χ0v) is 11.6. The second kappa shape index (κ2) is 7.70. The third kappa shape index (κ3) is 5.07. The molecule has 3 heteroatoms. The summed E-state index contributed by atoms with van der Waals surface area (Å²) in [5, 5.41) is 6.41. The molecule has 0 aromatic rings. The molecule has 17 heavy (non-hydrogen) atoms. The van der Waals surface area contributed by atoms with Crippen LogP contribution in [0.4, 0.5) is 0 Å². The van der Waals surface area contributed by atoms with Gasteiger partial charge in [-0.15, -0.1) is 0 Å². The van der Waals surface area contributed by atoms with Crippen molar-refractivity contribution in [3.8, 4) is 0 Å². The minimum atomic E-state index is -0.0672. The van der Waals surface area contributed by atoms with Crippen LogP contribution >= 0.6 is 0 Å². The highest BCUT2D eigenvalue weighted by molar-refractivity contribution is 5.81. The van der Waals surface area contributed by atoms with Crippen LogP contribution in [0.1, 0.15) is 59.3 Å². The van der Waals surface area contributed by atoms with Gasteiger partial charge in [-0.1, -0.05) is 26.2 Å². The van der Waals surface area contributed by atoms with Crippen molar-refractivity contribution in [2.24, 2.45) is 5.92 Å². The molecule has 0 aromatic heterocycles. The minimum absolute atomic E-state index is 0.0672. The van der Waals surface area contributed by atoms with Crippen LogP contribution in [0.15, 0.2) is 0 Å². The Bertz CT molecular complexity index is 224. The van der Waals surface area contributed by atoms with E-state index in [2.05, 4.69) is 24.5 Å². The first kappa shape index (κ1) is 14.5. The summed E-state index contributed by atoms with van der Waals surface area (Å²) in [7, 11) is 0. The van der Waals surface area contributed by atoms with Crippen LogP contribution < -0.4 is 10.6 Å². The summed E-state index contributed by atoms with van der Waals surface area (Å²) in [5.41, 5.74) is 0. The second-order valence-electron chi connectivity index (χ2n) is 5.37. The summed E-state index contributed by atoms with van der Waals surface area (Å²) in [6.07, 6.45) is 7.54. The topological polar surface area (TPSA) is 41.1 Å². The number of carbonyl (C=O) groups is 1. The molecule has 0 aliphatic heterocycles. The molecule has 1 amide bonds. The van der Waals surface area contributed by atoms with Crippen molar-refractivity contribution in [2.45, 2.75) is 71.4 Å². The van der Waals surface area contributed by atoms with Crippen LogP contribution in [0.25, 0.3) is 0 Å². The molecule has 0 spiro atoms. The molecule has 0 bridgehead atoms. The van der Waals surface area contributed by atoms with Crippen molar-refractivity contribution in [2.75, 3.05) is 6.54 Å². The summed E-state index contributed by atoms with van der Waals surface area (Å²) >= 11 is 0. The summed E-state index contributed by atoms with van der Waals surface area (Å²) < 4.78 is 0. The lowest BCUT2D eigenvalue weighted by molar-refractivity contribution is -0.123. The SMILES string of the molecule is CCCCNC(=O)C(C)NC(C)C1CCCC1. The standard InChI is InChI=1S/C14H28N2O/c1-4-5-10-15-14(17)12(3)16-11(2)13-8-6-7-9-13/h11-13,16H,4-10H2,1-3H3,(H,15,17). The van der Waals surface area contributed by atoms with Gasteiger partial charge in [0.25, 0.3) is 0 Å². The molecule has 0 saturated heterocycles. The molecule has 100 valence electrons. The van der Waals surface area contributed by atoms with E-state index >= 15 is 0 Å². The maximum absolute atomic E-state index is 11.8. The molecule has 1 aliphatic rings. The van der Waals surface area contributed by atoms with E-state index in [1.165, 1.54) is 25.7 Å². The van der Waals surface area contributed by atoms with Gasteiger partial charge in [0.15, 0.2) is 0 Å². The van der Waals surface area contributed by atoms with Crippen LogP contribution in [0.2, 0.25) is 0 Å². The van der Waals surface area contributed by atoms with Crippen LogP contribution in [-0.4, -0.2) is 24.5 Å². The Morgan fingerprint density at radius 3 is 2.53 bits per heavy atom. The molecule has 1 fully saturated rings. The van der Waals surface area contributed by atoms with Gasteiger partial charge in [0.05, 0.1) is 6.04 Å².